The lowest BCUT2D eigenvalue weighted by Gasteiger charge is -2.14. The molecule has 1 unspecified atom stereocenters. The minimum Gasteiger partial charge on any atom is -0.493 e. The van der Waals surface area contributed by atoms with E-state index in [0.29, 0.717) is 21.7 Å². The van der Waals surface area contributed by atoms with Crippen LogP contribution in [0.3, 0.4) is 0 Å². The highest BCUT2D eigenvalue weighted by Gasteiger charge is 2.22. The first-order valence-electron chi connectivity index (χ1n) is 9.94. The molecule has 0 fully saturated rings. The van der Waals surface area contributed by atoms with Crippen LogP contribution >= 0.6 is 11.3 Å². The highest BCUT2D eigenvalue weighted by molar-refractivity contribution is 7.17. The first kappa shape index (κ1) is 21.6. The summed E-state index contributed by atoms with van der Waals surface area (Å²) in [7, 11) is 3.13. The van der Waals surface area contributed by atoms with Crippen molar-refractivity contribution in [2.24, 2.45) is 0 Å². The van der Waals surface area contributed by atoms with Crippen LogP contribution < -0.4 is 15.0 Å². The molecule has 2 aromatic heterocycles. The van der Waals surface area contributed by atoms with Crippen LogP contribution in [0.25, 0.3) is 21.3 Å². The van der Waals surface area contributed by atoms with E-state index in [-0.39, 0.29) is 12.2 Å². The molecule has 0 aliphatic heterocycles. The lowest BCUT2D eigenvalue weighted by Crippen LogP contribution is -2.29. The number of aromatic nitrogens is 2. The van der Waals surface area contributed by atoms with Gasteiger partial charge in [0.25, 0.3) is 5.56 Å². The van der Waals surface area contributed by atoms with Gasteiger partial charge in [-0.3, -0.25) is 9.36 Å². The molecule has 1 atom stereocenters. The second-order valence-corrected chi connectivity index (χ2v) is 7.98. The van der Waals surface area contributed by atoms with Crippen molar-refractivity contribution in [2.75, 3.05) is 14.2 Å². The summed E-state index contributed by atoms with van der Waals surface area (Å²) < 4.78 is 17.4. The topological polar surface area (TPSA) is 79.7 Å². The molecule has 0 spiro atoms. The molecule has 0 radical (unpaired) electrons. The van der Waals surface area contributed by atoms with E-state index in [1.807, 2.05) is 47.8 Å². The largest absolute Gasteiger partial charge is 0.493 e. The number of hydrogen-bond donors (Lipinski definition) is 0. The Balaban J connectivity index is 1.67. The molecule has 0 N–H and O–H groups in total. The smallest absolute Gasteiger partial charge is 0.329 e. The maximum atomic E-state index is 13.3. The average molecular weight is 451 g/mol. The predicted octanol–water partition coefficient (Wildman–Crippen LogP) is 4.45. The van der Waals surface area contributed by atoms with Gasteiger partial charge >= 0.3 is 5.97 Å². The minimum atomic E-state index is -0.818. The number of ether oxygens (including phenoxy) is 3. The van der Waals surface area contributed by atoms with Crippen LogP contribution in [0.1, 0.15) is 18.5 Å². The number of methoxy groups -OCH3 is 2. The van der Waals surface area contributed by atoms with Gasteiger partial charge in [0.05, 0.1) is 25.9 Å². The number of benzene rings is 2. The minimum absolute atomic E-state index is 0.143. The fourth-order valence-electron chi connectivity index (χ4n) is 3.40. The quantitative estimate of drug-likeness (QED) is 0.387. The molecule has 0 amide bonds. The van der Waals surface area contributed by atoms with Crippen molar-refractivity contribution in [3.8, 4) is 22.6 Å². The van der Waals surface area contributed by atoms with Crippen molar-refractivity contribution in [3.05, 3.63) is 76.2 Å². The second-order valence-electron chi connectivity index (χ2n) is 7.13. The highest BCUT2D eigenvalue weighted by Crippen LogP contribution is 2.36. The molecule has 0 saturated heterocycles. The Hall–Kier alpha value is -3.65. The number of carbonyl (C=O) groups is 1. The van der Waals surface area contributed by atoms with Crippen molar-refractivity contribution in [2.45, 2.75) is 19.6 Å². The SMILES string of the molecule is COc1ccc(-c2csc3ncn(C(C)C(=O)OCc4ccccc4)c(=O)c23)cc1OC. The van der Waals surface area contributed by atoms with E-state index in [0.717, 1.165) is 16.7 Å². The summed E-state index contributed by atoms with van der Waals surface area (Å²) in [6.45, 7) is 1.77. The highest BCUT2D eigenvalue weighted by atomic mass is 32.1. The lowest BCUT2D eigenvalue weighted by atomic mass is 10.1. The number of nitrogens with zero attached hydrogens (tertiary/aromatic N) is 2. The number of esters is 1. The first-order valence-corrected chi connectivity index (χ1v) is 10.8. The van der Waals surface area contributed by atoms with E-state index in [1.165, 1.54) is 22.2 Å². The predicted molar refractivity (Wildman–Crippen MR) is 123 cm³/mol. The molecule has 2 heterocycles. The van der Waals surface area contributed by atoms with E-state index in [9.17, 15) is 9.59 Å². The van der Waals surface area contributed by atoms with Crippen molar-refractivity contribution >= 4 is 27.5 Å². The van der Waals surface area contributed by atoms with Crippen LogP contribution in [0.5, 0.6) is 11.5 Å². The van der Waals surface area contributed by atoms with Crippen molar-refractivity contribution in [1.82, 2.24) is 9.55 Å². The Bertz CT molecular complexity index is 1310. The van der Waals surface area contributed by atoms with Crippen molar-refractivity contribution in [3.63, 3.8) is 0 Å². The van der Waals surface area contributed by atoms with E-state index < -0.39 is 12.0 Å². The Morgan fingerprint density at radius 1 is 1.09 bits per heavy atom. The van der Waals surface area contributed by atoms with E-state index in [2.05, 4.69) is 4.98 Å². The van der Waals surface area contributed by atoms with Gasteiger partial charge in [0.1, 0.15) is 17.5 Å². The van der Waals surface area contributed by atoms with Crippen molar-refractivity contribution in [1.29, 1.82) is 0 Å². The molecule has 164 valence electrons. The molecule has 4 rings (SSSR count). The Morgan fingerprint density at radius 3 is 2.56 bits per heavy atom. The fourth-order valence-corrected chi connectivity index (χ4v) is 4.31. The molecule has 0 aliphatic carbocycles. The summed E-state index contributed by atoms with van der Waals surface area (Å²) in [6.07, 6.45) is 1.40. The zero-order chi connectivity index (χ0) is 22.7. The van der Waals surface area contributed by atoms with Crippen LogP contribution in [0, 0.1) is 0 Å². The summed E-state index contributed by atoms with van der Waals surface area (Å²) >= 11 is 1.37. The van der Waals surface area contributed by atoms with Gasteiger partial charge in [-0.15, -0.1) is 11.3 Å². The normalized spacial score (nSPS) is 11.8. The Morgan fingerprint density at radius 2 is 1.84 bits per heavy atom. The van der Waals surface area contributed by atoms with Crippen molar-refractivity contribution < 1.29 is 19.0 Å². The number of rotatable bonds is 7. The third-order valence-corrected chi connectivity index (χ3v) is 6.08. The average Bonchev–Trinajstić information content (AvgIpc) is 3.27. The molecule has 32 heavy (non-hydrogen) atoms. The third-order valence-electron chi connectivity index (χ3n) is 5.20. The number of hydrogen-bond acceptors (Lipinski definition) is 7. The summed E-state index contributed by atoms with van der Waals surface area (Å²) in [5.74, 6) is 0.660. The second kappa shape index (κ2) is 9.23. The summed E-state index contributed by atoms with van der Waals surface area (Å²) in [5.41, 5.74) is 2.10. The van der Waals surface area contributed by atoms with Gasteiger partial charge < -0.3 is 14.2 Å². The summed E-state index contributed by atoms with van der Waals surface area (Å²) in [4.78, 5) is 31.0. The Labute approximate surface area is 188 Å². The monoisotopic (exact) mass is 450 g/mol. The molecule has 4 aromatic rings. The summed E-state index contributed by atoms with van der Waals surface area (Å²) in [6, 6.07) is 14.0. The zero-order valence-electron chi connectivity index (χ0n) is 17.9. The van der Waals surface area contributed by atoms with Crippen LogP contribution in [0.2, 0.25) is 0 Å². The van der Waals surface area contributed by atoms with Gasteiger partial charge in [-0.25, -0.2) is 9.78 Å². The molecule has 8 heteroatoms. The molecule has 0 bridgehead atoms. The van der Waals surface area contributed by atoms with E-state index >= 15 is 0 Å². The maximum absolute atomic E-state index is 13.3. The van der Waals surface area contributed by atoms with Crippen LogP contribution in [0.4, 0.5) is 0 Å². The molecule has 7 nitrogen and oxygen atoms in total. The van der Waals surface area contributed by atoms with Gasteiger partial charge in [0.15, 0.2) is 11.5 Å². The standard InChI is InChI=1S/C24H22N2O5S/c1-15(24(28)31-12-16-7-5-4-6-8-16)26-14-25-22-21(23(26)27)18(13-32-22)17-9-10-19(29-2)20(11-17)30-3/h4-11,13-15H,12H2,1-3H3. The lowest BCUT2D eigenvalue weighted by molar-refractivity contribution is -0.148. The number of carbonyl (C=O) groups excluding carboxylic acids is 1. The van der Waals surface area contributed by atoms with E-state index in [1.54, 1.807) is 27.2 Å². The molecule has 2 aromatic carbocycles. The maximum Gasteiger partial charge on any atom is 0.329 e. The number of fused-ring (bicyclic) bond motifs is 1. The number of thiophene rings is 1. The Kier molecular flexibility index (Phi) is 6.23. The summed E-state index contributed by atoms with van der Waals surface area (Å²) in [5, 5.41) is 2.33. The fraction of sp³-hybridized carbons (Fsp3) is 0.208. The van der Waals surface area contributed by atoms with Crippen LogP contribution in [-0.2, 0) is 16.1 Å². The van der Waals surface area contributed by atoms with Gasteiger partial charge in [0.2, 0.25) is 0 Å². The molecule has 0 saturated carbocycles. The third kappa shape index (κ3) is 4.09. The first-order chi connectivity index (χ1) is 15.5. The van der Waals surface area contributed by atoms with E-state index in [4.69, 9.17) is 14.2 Å². The molecular formula is C24H22N2O5S. The van der Waals surface area contributed by atoms with Gasteiger partial charge in [-0.05, 0) is 30.2 Å². The van der Waals surface area contributed by atoms with Crippen LogP contribution in [0.15, 0.2) is 65.0 Å². The van der Waals surface area contributed by atoms with Crippen LogP contribution in [-0.4, -0.2) is 29.7 Å². The molecule has 0 aliphatic rings. The van der Waals surface area contributed by atoms with Gasteiger partial charge in [-0.2, -0.15) is 0 Å². The molecular weight excluding hydrogens is 428 g/mol. The van der Waals surface area contributed by atoms with Gasteiger partial charge in [-0.1, -0.05) is 36.4 Å². The van der Waals surface area contributed by atoms with Gasteiger partial charge in [0, 0.05) is 10.9 Å². The zero-order valence-corrected chi connectivity index (χ0v) is 18.7.